The molecule has 0 radical (unpaired) electrons. The minimum absolute atomic E-state index is 0.0316. The second kappa shape index (κ2) is 8.64. The Morgan fingerprint density at radius 1 is 1.22 bits per heavy atom. The summed E-state index contributed by atoms with van der Waals surface area (Å²) in [5, 5.41) is 5.88. The maximum Gasteiger partial charge on any atom is 0.234 e. The molecule has 1 amide bonds. The summed E-state index contributed by atoms with van der Waals surface area (Å²) in [4.78, 5) is 11.5. The zero-order chi connectivity index (χ0) is 13.2. The van der Waals surface area contributed by atoms with Gasteiger partial charge in [0.15, 0.2) is 0 Å². The number of hydrogen-bond donors (Lipinski definition) is 2. The predicted molar refractivity (Wildman–Crippen MR) is 70.6 cm³/mol. The molecule has 1 aromatic carbocycles. The normalized spacial score (nSPS) is 10.3. The fourth-order valence-electron chi connectivity index (χ4n) is 1.57. The van der Waals surface area contributed by atoms with Crippen molar-refractivity contribution in [3.63, 3.8) is 0 Å². The van der Waals surface area contributed by atoms with Gasteiger partial charge in [0.2, 0.25) is 5.91 Å². The smallest absolute Gasteiger partial charge is 0.234 e. The Kier molecular flexibility index (Phi) is 7.03. The van der Waals surface area contributed by atoms with E-state index >= 15 is 0 Å². The fraction of sp³-hybridized carbons (Fsp3) is 0.500. The molecule has 2 N–H and O–H groups in total. The highest BCUT2D eigenvalue weighted by Crippen LogP contribution is 2.01. The predicted octanol–water partition coefficient (Wildman–Crippen LogP) is 2.22. The average Bonchev–Trinajstić information content (AvgIpc) is 2.38. The van der Waals surface area contributed by atoms with E-state index in [1.54, 1.807) is 12.1 Å². The molecule has 0 aliphatic carbocycles. The van der Waals surface area contributed by atoms with E-state index in [1.165, 1.54) is 25.0 Å². The quantitative estimate of drug-likeness (QED) is 0.697. The van der Waals surface area contributed by atoms with Crippen molar-refractivity contribution >= 4 is 5.91 Å². The van der Waals surface area contributed by atoms with Crippen LogP contribution in [-0.2, 0) is 11.3 Å². The molecule has 0 fully saturated rings. The Hall–Kier alpha value is -1.42. The highest BCUT2D eigenvalue weighted by Gasteiger charge is 2.00. The van der Waals surface area contributed by atoms with E-state index in [2.05, 4.69) is 17.6 Å². The number of amides is 1. The molecule has 18 heavy (non-hydrogen) atoms. The minimum atomic E-state index is -0.261. The molecule has 1 aromatic rings. The van der Waals surface area contributed by atoms with Gasteiger partial charge in [-0.05, 0) is 30.7 Å². The number of hydrogen-bond acceptors (Lipinski definition) is 2. The lowest BCUT2D eigenvalue weighted by atomic mass is 10.2. The first-order chi connectivity index (χ1) is 8.72. The Labute approximate surface area is 108 Å². The largest absolute Gasteiger partial charge is 0.351 e. The van der Waals surface area contributed by atoms with Crippen LogP contribution in [0.1, 0.15) is 31.7 Å². The molecule has 3 nitrogen and oxygen atoms in total. The van der Waals surface area contributed by atoms with Gasteiger partial charge in [-0.2, -0.15) is 0 Å². The van der Waals surface area contributed by atoms with Crippen molar-refractivity contribution in [3.8, 4) is 0 Å². The third-order valence-electron chi connectivity index (χ3n) is 2.65. The summed E-state index contributed by atoms with van der Waals surface area (Å²) >= 11 is 0. The Morgan fingerprint density at radius 3 is 2.61 bits per heavy atom. The molecule has 100 valence electrons. The van der Waals surface area contributed by atoms with Gasteiger partial charge >= 0.3 is 0 Å². The molecule has 0 saturated carbocycles. The second-order valence-electron chi connectivity index (χ2n) is 4.29. The van der Waals surface area contributed by atoms with Crippen LogP contribution >= 0.6 is 0 Å². The lowest BCUT2D eigenvalue weighted by Crippen LogP contribution is -2.33. The van der Waals surface area contributed by atoms with Gasteiger partial charge in [0, 0.05) is 6.54 Å². The first-order valence-electron chi connectivity index (χ1n) is 6.44. The molecular formula is C14H21FN2O. The van der Waals surface area contributed by atoms with Crippen LogP contribution in [0.2, 0.25) is 0 Å². The standard InChI is InChI=1S/C14H21FN2O/c1-2-3-4-9-16-11-14(18)17-10-12-5-7-13(15)8-6-12/h5-8,16H,2-4,9-11H2,1H3,(H,17,18). The molecule has 4 heteroatoms. The minimum Gasteiger partial charge on any atom is -0.351 e. The highest BCUT2D eigenvalue weighted by molar-refractivity contribution is 5.77. The van der Waals surface area contributed by atoms with Gasteiger partial charge in [0.05, 0.1) is 6.54 Å². The van der Waals surface area contributed by atoms with Gasteiger partial charge in [0.25, 0.3) is 0 Å². The summed E-state index contributed by atoms with van der Waals surface area (Å²) in [7, 11) is 0. The number of carbonyl (C=O) groups excluding carboxylic acids is 1. The van der Waals surface area contributed by atoms with E-state index in [0.29, 0.717) is 13.1 Å². The van der Waals surface area contributed by atoms with Crippen molar-refractivity contribution in [2.45, 2.75) is 32.7 Å². The van der Waals surface area contributed by atoms with Crippen molar-refractivity contribution in [2.75, 3.05) is 13.1 Å². The number of halogens is 1. The van der Waals surface area contributed by atoms with Crippen molar-refractivity contribution < 1.29 is 9.18 Å². The molecule has 0 saturated heterocycles. The molecule has 1 rings (SSSR count). The third kappa shape index (κ3) is 6.35. The summed E-state index contributed by atoms with van der Waals surface area (Å²) in [5.74, 6) is -0.293. The molecular weight excluding hydrogens is 231 g/mol. The topological polar surface area (TPSA) is 41.1 Å². The fourth-order valence-corrected chi connectivity index (χ4v) is 1.57. The van der Waals surface area contributed by atoms with Crippen LogP contribution in [0.5, 0.6) is 0 Å². The average molecular weight is 252 g/mol. The van der Waals surface area contributed by atoms with Crippen LogP contribution < -0.4 is 10.6 Å². The molecule has 0 heterocycles. The summed E-state index contributed by atoms with van der Waals surface area (Å²) in [5.41, 5.74) is 0.899. The number of benzene rings is 1. The van der Waals surface area contributed by atoms with Crippen LogP contribution in [0, 0.1) is 5.82 Å². The zero-order valence-corrected chi connectivity index (χ0v) is 10.8. The third-order valence-corrected chi connectivity index (χ3v) is 2.65. The molecule has 0 atom stereocenters. The van der Waals surface area contributed by atoms with E-state index < -0.39 is 0 Å². The van der Waals surface area contributed by atoms with Gasteiger partial charge in [-0.3, -0.25) is 4.79 Å². The van der Waals surface area contributed by atoms with Gasteiger partial charge in [-0.25, -0.2) is 4.39 Å². The summed E-state index contributed by atoms with van der Waals surface area (Å²) in [6, 6.07) is 6.13. The maximum absolute atomic E-state index is 12.7. The number of rotatable bonds is 8. The zero-order valence-electron chi connectivity index (χ0n) is 10.8. The summed E-state index contributed by atoms with van der Waals surface area (Å²) < 4.78 is 12.7. The molecule has 0 spiro atoms. The van der Waals surface area contributed by atoms with E-state index in [4.69, 9.17) is 0 Å². The van der Waals surface area contributed by atoms with Crippen LogP contribution in [0.4, 0.5) is 4.39 Å². The van der Waals surface area contributed by atoms with Crippen molar-refractivity contribution in [3.05, 3.63) is 35.6 Å². The first-order valence-corrected chi connectivity index (χ1v) is 6.44. The van der Waals surface area contributed by atoms with Crippen molar-refractivity contribution in [1.82, 2.24) is 10.6 Å². The highest BCUT2D eigenvalue weighted by atomic mass is 19.1. The number of carbonyl (C=O) groups is 1. The molecule has 0 unspecified atom stereocenters. The maximum atomic E-state index is 12.7. The lowest BCUT2D eigenvalue weighted by molar-refractivity contribution is -0.120. The van der Waals surface area contributed by atoms with Crippen molar-refractivity contribution in [1.29, 1.82) is 0 Å². The number of nitrogens with one attached hydrogen (secondary N) is 2. The number of unbranched alkanes of at least 4 members (excludes halogenated alkanes) is 2. The SMILES string of the molecule is CCCCCNCC(=O)NCc1ccc(F)cc1. The molecule has 0 aliphatic heterocycles. The van der Waals surface area contributed by atoms with Crippen LogP contribution in [0.25, 0.3) is 0 Å². The first kappa shape index (κ1) is 14.6. The Bertz CT molecular complexity index is 351. The molecule has 0 bridgehead atoms. The molecule has 0 aromatic heterocycles. The van der Waals surface area contributed by atoms with Gasteiger partial charge in [-0.1, -0.05) is 31.9 Å². The Balaban J connectivity index is 2.11. The second-order valence-corrected chi connectivity index (χ2v) is 4.29. The van der Waals surface area contributed by atoms with Gasteiger partial charge in [-0.15, -0.1) is 0 Å². The van der Waals surface area contributed by atoms with Crippen LogP contribution in [0.3, 0.4) is 0 Å². The van der Waals surface area contributed by atoms with E-state index in [0.717, 1.165) is 18.5 Å². The summed E-state index contributed by atoms with van der Waals surface area (Å²) in [6.07, 6.45) is 3.46. The Morgan fingerprint density at radius 2 is 1.94 bits per heavy atom. The van der Waals surface area contributed by atoms with Crippen LogP contribution in [-0.4, -0.2) is 19.0 Å². The van der Waals surface area contributed by atoms with Gasteiger partial charge < -0.3 is 10.6 Å². The van der Waals surface area contributed by atoms with Crippen molar-refractivity contribution in [2.24, 2.45) is 0 Å². The molecule has 0 aliphatic rings. The monoisotopic (exact) mass is 252 g/mol. The lowest BCUT2D eigenvalue weighted by Gasteiger charge is -2.06. The summed E-state index contributed by atoms with van der Waals surface area (Å²) in [6.45, 7) is 3.80. The van der Waals surface area contributed by atoms with E-state index in [9.17, 15) is 9.18 Å². The van der Waals surface area contributed by atoms with Crippen LogP contribution in [0.15, 0.2) is 24.3 Å². The van der Waals surface area contributed by atoms with E-state index in [1.807, 2.05) is 0 Å². The van der Waals surface area contributed by atoms with Gasteiger partial charge in [0.1, 0.15) is 5.82 Å². The van der Waals surface area contributed by atoms with E-state index in [-0.39, 0.29) is 11.7 Å².